The van der Waals surface area contributed by atoms with Gasteiger partial charge in [-0.25, -0.2) is 4.39 Å². The molecule has 1 aromatic rings. The van der Waals surface area contributed by atoms with Crippen molar-refractivity contribution in [2.45, 2.75) is 0 Å². The van der Waals surface area contributed by atoms with E-state index in [2.05, 4.69) is 11.2 Å². The Kier molecular flexibility index (Phi) is 1.96. The van der Waals surface area contributed by atoms with Gasteiger partial charge in [0.2, 0.25) is 5.78 Å². The number of rotatable bonds is 2. The predicted molar refractivity (Wildman–Crippen MR) is 31.2 cm³/mol. The zero-order valence-electron chi connectivity index (χ0n) is 5.17. The third-order valence-corrected chi connectivity index (χ3v) is 1.03. The highest BCUT2D eigenvalue weighted by molar-refractivity contribution is 5.96. The summed E-state index contributed by atoms with van der Waals surface area (Å²) in [6, 6.07) is 3.05. The number of aromatic nitrogens is 1. The molecule has 0 saturated heterocycles. The highest BCUT2D eigenvalue weighted by Crippen LogP contribution is 1.92. The second-order valence-electron chi connectivity index (χ2n) is 1.72. The molecule has 2 nitrogen and oxygen atoms in total. The number of hydrogen-bond donors (Lipinski definition) is 0. The van der Waals surface area contributed by atoms with Crippen molar-refractivity contribution in [3.63, 3.8) is 0 Å². The van der Waals surface area contributed by atoms with Crippen LogP contribution in [-0.4, -0.2) is 12.5 Å². The van der Waals surface area contributed by atoms with Gasteiger partial charge >= 0.3 is 12.4 Å². The fraction of sp³-hybridized carbons (Fsp3) is 0.143. The topological polar surface area (TPSA) is 31.2 Å². The second kappa shape index (κ2) is 2.92. The Morgan fingerprint density at radius 2 is 2.60 bits per heavy atom. The normalized spacial score (nSPS) is 8.50. The van der Waals surface area contributed by atoms with Gasteiger partial charge in [0, 0.05) is 6.07 Å². The number of alkyl halides is 1. The van der Waals surface area contributed by atoms with Gasteiger partial charge in [0.25, 0.3) is 0 Å². The number of ketones is 1. The minimum atomic E-state index is -0.984. The van der Waals surface area contributed by atoms with Gasteiger partial charge in [0.1, 0.15) is 5.56 Å². The summed E-state index contributed by atoms with van der Waals surface area (Å²) in [6.07, 6.45) is 3.86. The van der Waals surface area contributed by atoms with Crippen LogP contribution in [-0.2, 0) is 0 Å². The van der Waals surface area contributed by atoms with E-state index in [1.165, 1.54) is 12.3 Å². The first-order valence-corrected chi connectivity index (χ1v) is 2.76. The molecule has 0 atom stereocenters. The van der Waals surface area contributed by atoms with Crippen molar-refractivity contribution >= 4 is 5.78 Å². The maximum atomic E-state index is 11.7. The lowest BCUT2D eigenvalue weighted by Crippen LogP contribution is -2.02. The van der Waals surface area contributed by atoms with Gasteiger partial charge in [-0.2, -0.15) is 0 Å². The summed E-state index contributed by atoms with van der Waals surface area (Å²) in [5.74, 6) is -0.576. The summed E-state index contributed by atoms with van der Waals surface area (Å²) in [5.41, 5.74) is 0.199. The maximum Gasteiger partial charge on any atom is 0.323 e. The first-order valence-electron chi connectivity index (χ1n) is 2.76. The SMILES string of the molecule is O=C(CF)c1c#[n+]ccc1. The lowest BCUT2D eigenvalue weighted by Gasteiger charge is -1.81. The number of hydrogen-bond acceptors (Lipinski definition) is 1. The standard InChI is InChI=1S/C7H5FNO/c8-4-7(10)6-2-1-3-9-5-6/h1-3H,4H2/q+1. The van der Waals surface area contributed by atoms with Gasteiger partial charge in [-0.1, -0.05) is 0 Å². The van der Waals surface area contributed by atoms with Gasteiger partial charge in [-0.05, 0) is 11.1 Å². The van der Waals surface area contributed by atoms with E-state index in [0.717, 1.165) is 0 Å². The molecule has 3 heteroatoms. The molecule has 0 saturated carbocycles. The average molecular weight is 138 g/mol. The molecule has 0 bridgehead atoms. The van der Waals surface area contributed by atoms with Gasteiger partial charge in [0.15, 0.2) is 6.67 Å². The molecule has 1 rings (SSSR count). The maximum absolute atomic E-state index is 11.7. The van der Waals surface area contributed by atoms with E-state index in [1.807, 2.05) is 0 Å². The lowest BCUT2D eigenvalue weighted by molar-refractivity contribution is -0.294. The zero-order valence-corrected chi connectivity index (χ0v) is 5.17. The number of nitrogens with zero attached hydrogens (tertiary/aromatic N) is 1. The molecule has 50 valence electrons. The van der Waals surface area contributed by atoms with E-state index in [-0.39, 0.29) is 5.56 Å². The minimum absolute atomic E-state index is 0.199. The van der Waals surface area contributed by atoms with Crippen LogP contribution in [0.2, 0.25) is 0 Å². The van der Waals surface area contributed by atoms with Crippen LogP contribution < -0.4 is 4.98 Å². The van der Waals surface area contributed by atoms with Crippen molar-refractivity contribution < 1.29 is 14.2 Å². The first-order chi connectivity index (χ1) is 4.84. The molecule has 0 fully saturated rings. The van der Waals surface area contributed by atoms with Gasteiger partial charge in [-0.3, -0.25) is 4.79 Å². The van der Waals surface area contributed by atoms with Gasteiger partial charge in [0.05, 0.1) is 0 Å². The molecule has 1 heterocycles. The first kappa shape index (κ1) is 6.69. The largest absolute Gasteiger partial charge is 0.323 e. The van der Waals surface area contributed by atoms with E-state index in [9.17, 15) is 9.18 Å². The Morgan fingerprint density at radius 3 is 3.10 bits per heavy atom. The zero-order chi connectivity index (χ0) is 7.40. The molecule has 0 aliphatic heterocycles. The fourth-order valence-electron chi connectivity index (χ4n) is 0.554. The quantitative estimate of drug-likeness (QED) is 0.548. The molecule has 0 unspecified atom stereocenters. The number of halogens is 1. The highest BCUT2D eigenvalue weighted by atomic mass is 19.1. The van der Waals surface area contributed by atoms with Crippen molar-refractivity contribution in [1.29, 1.82) is 0 Å². The van der Waals surface area contributed by atoms with Crippen LogP contribution in [0.1, 0.15) is 10.4 Å². The molecular weight excluding hydrogens is 133 g/mol. The van der Waals surface area contributed by atoms with E-state index >= 15 is 0 Å². The molecule has 10 heavy (non-hydrogen) atoms. The van der Waals surface area contributed by atoms with Gasteiger partial charge < -0.3 is 0 Å². The third kappa shape index (κ3) is 1.29. The summed E-state index contributed by atoms with van der Waals surface area (Å²) in [6.45, 7) is -0.984. The van der Waals surface area contributed by atoms with Gasteiger partial charge in [-0.15, -0.1) is 0 Å². The highest BCUT2D eigenvalue weighted by Gasteiger charge is 2.06. The van der Waals surface area contributed by atoms with Crippen LogP contribution in [0.25, 0.3) is 0 Å². The Morgan fingerprint density at radius 1 is 1.80 bits per heavy atom. The van der Waals surface area contributed by atoms with Crippen LogP contribution >= 0.6 is 0 Å². The van der Waals surface area contributed by atoms with Crippen molar-refractivity contribution in [1.82, 2.24) is 0 Å². The molecule has 1 aromatic heterocycles. The Hall–Kier alpha value is -1.43. The molecule has 0 spiro atoms. The Balaban J connectivity index is 2.85. The summed E-state index contributed by atoms with van der Waals surface area (Å²) < 4.78 is 11.7. The summed E-state index contributed by atoms with van der Waals surface area (Å²) in [7, 11) is 0. The van der Waals surface area contributed by atoms with E-state index < -0.39 is 12.5 Å². The Labute approximate surface area is 57.7 Å². The van der Waals surface area contributed by atoms with Crippen LogP contribution in [0.15, 0.2) is 18.3 Å². The number of carbonyl (C=O) groups is 1. The van der Waals surface area contributed by atoms with Crippen molar-refractivity contribution in [3.8, 4) is 0 Å². The molecule has 0 N–H and O–H groups in total. The average Bonchev–Trinajstić information content (AvgIpc) is 2.05. The van der Waals surface area contributed by atoms with Crippen LogP contribution in [0.3, 0.4) is 0 Å². The van der Waals surface area contributed by atoms with Crippen LogP contribution in [0, 0.1) is 6.20 Å². The third-order valence-electron chi connectivity index (χ3n) is 1.03. The van der Waals surface area contributed by atoms with Crippen molar-refractivity contribution in [2.75, 3.05) is 6.67 Å². The smallest absolute Gasteiger partial charge is 0.290 e. The summed E-state index contributed by atoms with van der Waals surface area (Å²) >= 11 is 0. The molecule has 0 aliphatic rings. The minimum Gasteiger partial charge on any atom is -0.290 e. The fourth-order valence-corrected chi connectivity index (χ4v) is 0.554. The van der Waals surface area contributed by atoms with Crippen molar-refractivity contribution in [3.05, 3.63) is 30.1 Å². The van der Waals surface area contributed by atoms with Crippen LogP contribution in [0.4, 0.5) is 4.39 Å². The molecule has 0 radical (unpaired) electrons. The van der Waals surface area contributed by atoms with E-state index in [4.69, 9.17) is 0 Å². The lowest BCUT2D eigenvalue weighted by atomic mass is 10.2. The Bertz CT molecular complexity index is 222. The van der Waals surface area contributed by atoms with Crippen LogP contribution in [0.5, 0.6) is 0 Å². The summed E-state index contributed by atoms with van der Waals surface area (Å²) in [5, 5.41) is 0. The monoisotopic (exact) mass is 138 g/mol. The second-order valence-corrected chi connectivity index (χ2v) is 1.72. The number of Topliss-reactive ketones (excluding diaryl/α,β-unsaturated/α-hetero) is 1. The van der Waals surface area contributed by atoms with E-state index in [0.29, 0.717) is 0 Å². The molecule has 0 aliphatic carbocycles. The molecule has 0 aromatic carbocycles. The summed E-state index contributed by atoms with van der Waals surface area (Å²) in [4.78, 5) is 14.1. The van der Waals surface area contributed by atoms with Crippen molar-refractivity contribution in [2.24, 2.45) is 0 Å². The van der Waals surface area contributed by atoms with E-state index in [1.54, 1.807) is 6.07 Å². The molecule has 0 amide bonds. The molecular formula is C7H5FNO+. The predicted octanol–water partition coefficient (Wildman–Crippen LogP) is 0.239. The number of carbonyl (C=O) groups excluding carboxylic acids is 1.